The highest BCUT2D eigenvalue weighted by molar-refractivity contribution is 7.89. The third-order valence-corrected chi connectivity index (χ3v) is 4.74. The van der Waals surface area contributed by atoms with E-state index in [1.165, 1.54) is 13.3 Å². The van der Waals surface area contributed by atoms with E-state index in [4.69, 9.17) is 4.74 Å². The molecule has 0 aliphatic rings. The van der Waals surface area contributed by atoms with Crippen LogP contribution < -0.4 is 19.5 Å². The summed E-state index contributed by atoms with van der Waals surface area (Å²) in [4.78, 5) is 15.6. The van der Waals surface area contributed by atoms with E-state index in [2.05, 4.69) is 19.8 Å². The molecule has 1 heterocycles. The summed E-state index contributed by atoms with van der Waals surface area (Å²) >= 11 is 0. The maximum Gasteiger partial charge on any atom is 0.573 e. The zero-order valence-electron chi connectivity index (χ0n) is 14.5. The number of pyridine rings is 1. The number of alkyl halides is 3. The number of aromatic nitrogens is 1. The Kier molecular flexibility index (Phi) is 6.80. The van der Waals surface area contributed by atoms with Gasteiger partial charge >= 0.3 is 6.36 Å². The molecule has 12 heteroatoms. The number of halogens is 3. The number of anilines is 1. The van der Waals surface area contributed by atoms with Crippen molar-refractivity contribution in [1.29, 1.82) is 0 Å². The van der Waals surface area contributed by atoms with E-state index in [1.54, 1.807) is 12.1 Å². The van der Waals surface area contributed by atoms with Crippen molar-refractivity contribution in [2.45, 2.75) is 17.7 Å². The van der Waals surface area contributed by atoms with E-state index in [1.807, 2.05) is 0 Å². The van der Waals surface area contributed by atoms with Crippen molar-refractivity contribution in [1.82, 2.24) is 9.71 Å². The summed E-state index contributed by atoms with van der Waals surface area (Å²) in [7, 11) is -2.60. The number of sulfonamides is 1. The predicted octanol–water partition coefficient (Wildman–Crippen LogP) is 2.30. The van der Waals surface area contributed by atoms with Gasteiger partial charge in [-0.1, -0.05) is 0 Å². The second kappa shape index (κ2) is 8.89. The molecule has 0 saturated heterocycles. The molecule has 1 amide bonds. The molecule has 152 valence electrons. The number of methoxy groups -OCH3 is 1. The molecule has 0 spiro atoms. The summed E-state index contributed by atoms with van der Waals surface area (Å²) in [6, 6.07) is 6.89. The van der Waals surface area contributed by atoms with E-state index >= 15 is 0 Å². The Labute approximate surface area is 158 Å². The summed E-state index contributed by atoms with van der Waals surface area (Å²) < 4.78 is 71.5. The fraction of sp³-hybridized carbons (Fsp3) is 0.250. The van der Waals surface area contributed by atoms with Crippen LogP contribution >= 0.6 is 0 Å². The van der Waals surface area contributed by atoms with Crippen LogP contribution in [0.4, 0.5) is 19.0 Å². The third-order valence-electron chi connectivity index (χ3n) is 3.26. The zero-order chi connectivity index (χ0) is 20.8. The van der Waals surface area contributed by atoms with Gasteiger partial charge in [-0.2, -0.15) is 0 Å². The second-order valence-corrected chi connectivity index (χ2v) is 7.04. The number of nitrogens with zero attached hydrogens (tertiary/aromatic N) is 1. The Bertz CT molecular complexity index is 918. The quantitative estimate of drug-likeness (QED) is 0.680. The highest BCUT2D eigenvalue weighted by atomic mass is 32.2. The highest BCUT2D eigenvalue weighted by Crippen LogP contribution is 2.24. The maximum atomic E-state index is 12.1. The van der Waals surface area contributed by atoms with Gasteiger partial charge in [-0.05, 0) is 36.4 Å². The Morgan fingerprint density at radius 3 is 2.46 bits per heavy atom. The first kappa shape index (κ1) is 21.4. The minimum absolute atomic E-state index is 0.193. The molecule has 1 aromatic carbocycles. The fourth-order valence-corrected chi connectivity index (χ4v) is 3.08. The Hall–Kier alpha value is -2.86. The Morgan fingerprint density at radius 2 is 1.86 bits per heavy atom. The van der Waals surface area contributed by atoms with Crippen LogP contribution in [-0.2, 0) is 14.8 Å². The number of ether oxygens (including phenoxy) is 2. The van der Waals surface area contributed by atoms with E-state index in [9.17, 15) is 26.4 Å². The van der Waals surface area contributed by atoms with Crippen molar-refractivity contribution in [3.05, 3.63) is 42.6 Å². The van der Waals surface area contributed by atoms with Crippen LogP contribution in [0.15, 0.2) is 47.5 Å². The Balaban J connectivity index is 1.90. The molecule has 0 atom stereocenters. The summed E-state index contributed by atoms with van der Waals surface area (Å²) in [5, 5.41) is 2.48. The van der Waals surface area contributed by atoms with Crippen LogP contribution in [0.5, 0.6) is 11.5 Å². The van der Waals surface area contributed by atoms with Crippen molar-refractivity contribution >= 4 is 21.7 Å². The lowest BCUT2D eigenvalue weighted by Gasteiger charge is -2.11. The third kappa shape index (κ3) is 6.39. The summed E-state index contributed by atoms with van der Waals surface area (Å²) in [5.41, 5.74) is 0. The van der Waals surface area contributed by atoms with Gasteiger partial charge in [-0.15, -0.1) is 13.2 Å². The van der Waals surface area contributed by atoms with Crippen LogP contribution in [0, 0.1) is 0 Å². The molecule has 0 bridgehead atoms. The van der Waals surface area contributed by atoms with Gasteiger partial charge in [0, 0.05) is 19.2 Å². The molecule has 0 unspecified atom stereocenters. The molecule has 8 nitrogen and oxygen atoms in total. The Morgan fingerprint density at radius 1 is 1.18 bits per heavy atom. The predicted molar refractivity (Wildman–Crippen MR) is 92.3 cm³/mol. The number of carbonyl (C=O) groups is 1. The van der Waals surface area contributed by atoms with Crippen LogP contribution in [0.1, 0.15) is 6.42 Å². The van der Waals surface area contributed by atoms with Crippen molar-refractivity contribution < 1.29 is 35.9 Å². The number of hydrogen-bond donors (Lipinski definition) is 2. The van der Waals surface area contributed by atoms with Crippen LogP contribution in [0.3, 0.4) is 0 Å². The van der Waals surface area contributed by atoms with Gasteiger partial charge in [0.15, 0.2) is 11.6 Å². The van der Waals surface area contributed by atoms with Gasteiger partial charge in [0.25, 0.3) is 0 Å². The largest absolute Gasteiger partial charge is 0.573 e. The molecule has 2 rings (SSSR count). The molecule has 0 radical (unpaired) electrons. The molecule has 0 aliphatic carbocycles. The normalized spacial score (nSPS) is 11.7. The van der Waals surface area contributed by atoms with Gasteiger partial charge in [-0.3, -0.25) is 4.79 Å². The summed E-state index contributed by atoms with van der Waals surface area (Å²) in [6.45, 7) is -0.232. The molecule has 28 heavy (non-hydrogen) atoms. The first-order chi connectivity index (χ1) is 13.1. The molecule has 2 N–H and O–H groups in total. The zero-order valence-corrected chi connectivity index (χ0v) is 15.3. The summed E-state index contributed by atoms with van der Waals surface area (Å²) in [5.74, 6) is -0.514. The maximum absolute atomic E-state index is 12.1. The first-order valence-electron chi connectivity index (χ1n) is 7.75. The molecular formula is C16H16F3N3O5S. The summed E-state index contributed by atoms with van der Waals surface area (Å²) in [6.07, 6.45) is -3.62. The van der Waals surface area contributed by atoms with Gasteiger partial charge in [0.2, 0.25) is 15.9 Å². The molecule has 0 saturated carbocycles. The number of nitrogens with one attached hydrogen (secondary N) is 2. The first-order valence-corrected chi connectivity index (χ1v) is 9.23. The van der Waals surface area contributed by atoms with Gasteiger partial charge in [-0.25, -0.2) is 18.1 Å². The van der Waals surface area contributed by atoms with Gasteiger partial charge < -0.3 is 14.8 Å². The van der Waals surface area contributed by atoms with E-state index in [-0.39, 0.29) is 23.7 Å². The van der Waals surface area contributed by atoms with Crippen molar-refractivity contribution in [2.24, 2.45) is 0 Å². The number of hydrogen-bond acceptors (Lipinski definition) is 6. The monoisotopic (exact) mass is 419 g/mol. The van der Waals surface area contributed by atoms with E-state index < -0.39 is 28.0 Å². The lowest BCUT2D eigenvalue weighted by atomic mass is 10.3. The topological polar surface area (TPSA) is 107 Å². The molecule has 0 fully saturated rings. The van der Waals surface area contributed by atoms with Crippen LogP contribution in [0.2, 0.25) is 0 Å². The lowest BCUT2D eigenvalue weighted by molar-refractivity contribution is -0.274. The average Bonchev–Trinajstić information content (AvgIpc) is 2.61. The van der Waals surface area contributed by atoms with Crippen molar-refractivity contribution in [3.63, 3.8) is 0 Å². The number of rotatable bonds is 8. The second-order valence-electron chi connectivity index (χ2n) is 5.27. The molecular weight excluding hydrogens is 403 g/mol. The molecule has 2 aromatic rings. The highest BCUT2D eigenvalue weighted by Gasteiger charge is 2.31. The van der Waals surface area contributed by atoms with Gasteiger partial charge in [0.05, 0.1) is 12.0 Å². The van der Waals surface area contributed by atoms with Gasteiger partial charge in [0.1, 0.15) is 5.75 Å². The fourth-order valence-electron chi connectivity index (χ4n) is 2.05. The molecule has 0 aliphatic heterocycles. The van der Waals surface area contributed by atoms with Crippen LogP contribution in [-0.4, -0.2) is 39.3 Å². The standard InChI is InChI=1S/C16H16F3N3O5S/c1-26-13-3-2-9-20-15(13)22-14(23)8-10-21-28(24,25)12-6-4-11(5-7-12)27-16(17,18)19/h2-7,9,21H,8,10H2,1H3,(H,20,22,23). The van der Waals surface area contributed by atoms with E-state index in [0.717, 1.165) is 24.3 Å². The minimum atomic E-state index is -4.87. The molecule has 1 aromatic heterocycles. The number of benzene rings is 1. The SMILES string of the molecule is COc1cccnc1NC(=O)CCNS(=O)(=O)c1ccc(OC(F)(F)F)cc1. The number of carbonyl (C=O) groups excluding carboxylic acids is 1. The van der Waals surface area contributed by atoms with E-state index in [0.29, 0.717) is 5.75 Å². The lowest BCUT2D eigenvalue weighted by Crippen LogP contribution is -2.28. The minimum Gasteiger partial charge on any atom is -0.493 e. The van der Waals surface area contributed by atoms with Crippen LogP contribution in [0.25, 0.3) is 0 Å². The number of amides is 1. The average molecular weight is 419 g/mol. The smallest absolute Gasteiger partial charge is 0.493 e. The van der Waals surface area contributed by atoms with Crippen molar-refractivity contribution in [3.8, 4) is 11.5 Å². The van der Waals surface area contributed by atoms with Crippen molar-refractivity contribution in [2.75, 3.05) is 19.0 Å².